The number of carbonyl (C=O) groups excluding carboxylic acids is 1. The number of aliphatic hydroxyl groups is 2. The van der Waals surface area contributed by atoms with Gasteiger partial charge in [-0.25, -0.2) is 0 Å². The van der Waals surface area contributed by atoms with Crippen molar-refractivity contribution in [3.63, 3.8) is 0 Å². The Labute approximate surface area is 99.4 Å². The molecule has 0 bridgehead atoms. The van der Waals surface area contributed by atoms with Gasteiger partial charge in [-0.05, 0) is 18.2 Å². The van der Waals surface area contributed by atoms with Crippen LogP contribution in [0.2, 0.25) is 0 Å². The Morgan fingerprint density at radius 3 is 2.82 bits per heavy atom. The van der Waals surface area contributed by atoms with E-state index in [1.807, 2.05) is 0 Å². The summed E-state index contributed by atoms with van der Waals surface area (Å²) < 4.78 is 0. The van der Waals surface area contributed by atoms with Crippen molar-refractivity contribution < 1.29 is 15.0 Å². The van der Waals surface area contributed by atoms with E-state index in [2.05, 4.69) is 10.6 Å². The number of benzene rings is 1. The molecule has 0 fully saturated rings. The second-order valence-electron chi connectivity index (χ2n) is 3.60. The molecule has 1 rings (SSSR count). The zero-order valence-electron chi connectivity index (χ0n) is 9.60. The molecule has 6 nitrogen and oxygen atoms in total. The molecule has 0 aliphatic rings. The molecule has 1 aromatic carbocycles. The number of nitrogens with one attached hydrogen (secondary N) is 2. The molecule has 0 aliphatic carbocycles. The Balaban J connectivity index is 2.80. The molecular weight excluding hydrogens is 222 g/mol. The van der Waals surface area contributed by atoms with Crippen molar-refractivity contribution in [1.82, 2.24) is 5.32 Å². The number of hydrogen-bond acceptors (Lipinski definition) is 5. The smallest absolute Gasteiger partial charge is 0.251 e. The third kappa shape index (κ3) is 3.61. The van der Waals surface area contributed by atoms with Crippen LogP contribution in [0.3, 0.4) is 0 Å². The lowest BCUT2D eigenvalue weighted by molar-refractivity contribution is 0.0963. The van der Waals surface area contributed by atoms with Crippen LogP contribution in [0, 0.1) is 0 Å². The lowest BCUT2D eigenvalue weighted by Gasteiger charge is -2.13. The minimum Gasteiger partial charge on any atom is -0.397 e. The molecule has 0 spiro atoms. The summed E-state index contributed by atoms with van der Waals surface area (Å²) in [7, 11) is 1.54. The predicted molar refractivity (Wildman–Crippen MR) is 65.8 cm³/mol. The van der Waals surface area contributed by atoms with Crippen LogP contribution in [0.1, 0.15) is 10.4 Å². The van der Waals surface area contributed by atoms with Gasteiger partial charge in [0.1, 0.15) is 0 Å². The van der Waals surface area contributed by atoms with Crippen molar-refractivity contribution in [2.45, 2.75) is 6.10 Å². The van der Waals surface area contributed by atoms with Gasteiger partial charge in [0.05, 0.1) is 24.1 Å². The SMILES string of the molecule is CNC(=O)c1ccc(N)c(NCC(O)CO)c1. The summed E-state index contributed by atoms with van der Waals surface area (Å²) in [6, 6.07) is 4.82. The average molecular weight is 239 g/mol. The Morgan fingerprint density at radius 1 is 1.53 bits per heavy atom. The van der Waals surface area contributed by atoms with E-state index in [0.717, 1.165) is 0 Å². The molecule has 6 heteroatoms. The topological polar surface area (TPSA) is 108 Å². The molecule has 1 unspecified atom stereocenters. The highest BCUT2D eigenvalue weighted by molar-refractivity contribution is 5.96. The van der Waals surface area contributed by atoms with Crippen LogP contribution >= 0.6 is 0 Å². The number of rotatable bonds is 5. The molecular formula is C11H17N3O3. The van der Waals surface area contributed by atoms with Crippen molar-refractivity contribution in [3.8, 4) is 0 Å². The van der Waals surface area contributed by atoms with Crippen LogP contribution in [0.25, 0.3) is 0 Å². The van der Waals surface area contributed by atoms with Gasteiger partial charge in [0.2, 0.25) is 0 Å². The average Bonchev–Trinajstić information content (AvgIpc) is 2.36. The number of amides is 1. The van der Waals surface area contributed by atoms with Gasteiger partial charge in [-0.2, -0.15) is 0 Å². The van der Waals surface area contributed by atoms with E-state index in [0.29, 0.717) is 16.9 Å². The molecule has 0 saturated carbocycles. The molecule has 0 aliphatic heterocycles. The standard InChI is InChI=1S/C11H17N3O3/c1-13-11(17)7-2-3-9(12)10(4-7)14-5-8(16)6-15/h2-4,8,14-16H,5-6,12H2,1H3,(H,13,17). The number of carbonyl (C=O) groups is 1. The van der Waals surface area contributed by atoms with Crippen LogP contribution in [0.15, 0.2) is 18.2 Å². The van der Waals surface area contributed by atoms with Gasteiger partial charge in [-0.15, -0.1) is 0 Å². The Hall–Kier alpha value is -1.79. The van der Waals surface area contributed by atoms with Crippen molar-refractivity contribution in [2.75, 3.05) is 31.2 Å². The summed E-state index contributed by atoms with van der Waals surface area (Å²) in [5, 5.41) is 23.3. The van der Waals surface area contributed by atoms with Crippen molar-refractivity contribution in [1.29, 1.82) is 0 Å². The molecule has 1 atom stereocenters. The van der Waals surface area contributed by atoms with E-state index in [9.17, 15) is 9.90 Å². The van der Waals surface area contributed by atoms with Crippen molar-refractivity contribution >= 4 is 17.3 Å². The number of aliphatic hydroxyl groups excluding tert-OH is 2. The van der Waals surface area contributed by atoms with Crippen molar-refractivity contribution in [2.24, 2.45) is 0 Å². The van der Waals surface area contributed by atoms with E-state index in [-0.39, 0.29) is 19.1 Å². The van der Waals surface area contributed by atoms with Crippen LogP contribution in [0.4, 0.5) is 11.4 Å². The monoisotopic (exact) mass is 239 g/mol. The lowest BCUT2D eigenvalue weighted by atomic mass is 10.1. The normalized spacial score (nSPS) is 11.9. The Morgan fingerprint density at radius 2 is 2.24 bits per heavy atom. The van der Waals surface area contributed by atoms with Gasteiger partial charge in [-0.1, -0.05) is 0 Å². The van der Waals surface area contributed by atoms with E-state index in [1.54, 1.807) is 25.2 Å². The zero-order valence-corrected chi connectivity index (χ0v) is 9.60. The molecule has 0 aromatic heterocycles. The van der Waals surface area contributed by atoms with E-state index >= 15 is 0 Å². The van der Waals surface area contributed by atoms with Crippen molar-refractivity contribution in [3.05, 3.63) is 23.8 Å². The van der Waals surface area contributed by atoms with Gasteiger partial charge in [0, 0.05) is 19.2 Å². The molecule has 1 aromatic rings. The first-order valence-corrected chi connectivity index (χ1v) is 5.23. The van der Waals surface area contributed by atoms with Gasteiger partial charge >= 0.3 is 0 Å². The number of anilines is 2. The molecule has 0 saturated heterocycles. The first-order valence-electron chi connectivity index (χ1n) is 5.23. The van der Waals surface area contributed by atoms with Crippen LogP contribution in [0.5, 0.6) is 0 Å². The fourth-order valence-corrected chi connectivity index (χ4v) is 1.29. The van der Waals surface area contributed by atoms with Gasteiger partial charge < -0.3 is 26.6 Å². The maximum Gasteiger partial charge on any atom is 0.251 e. The highest BCUT2D eigenvalue weighted by Gasteiger charge is 2.08. The number of nitrogens with two attached hydrogens (primary N) is 1. The van der Waals surface area contributed by atoms with Crippen LogP contribution < -0.4 is 16.4 Å². The highest BCUT2D eigenvalue weighted by Crippen LogP contribution is 2.19. The molecule has 1 amide bonds. The van der Waals surface area contributed by atoms with Crippen LogP contribution in [-0.4, -0.2) is 42.4 Å². The maximum atomic E-state index is 11.4. The second-order valence-corrected chi connectivity index (χ2v) is 3.60. The minimum atomic E-state index is -0.863. The molecule has 6 N–H and O–H groups in total. The minimum absolute atomic E-state index is 0.165. The number of hydrogen-bond donors (Lipinski definition) is 5. The first-order chi connectivity index (χ1) is 8.08. The third-order valence-electron chi connectivity index (χ3n) is 2.28. The predicted octanol–water partition coefficient (Wildman–Crippen LogP) is -0.606. The van der Waals surface area contributed by atoms with E-state index < -0.39 is 6.10 Å². The summed E-state index contributed by atoms with van der Waals surface area (Å²) in [6.07, 6.45) is -0.863. The summed E-state index contributed by atoms with van der Waals surface area (Å²) in [4.78, 5) is 11.4. The molecule has 0 heterocycles. The summed E-state index contributed by atoms with van der Waals surface area (Å²) >= 11 is 0. The quantitative estimate of drug-likeness (QED) is 0.441. The van der Waals surface area contributed by atoms with Gasteiger partial charge in [0.25, 0.3) is 5.91 Å². The Bertz CT molecular complexity index is 396. The summed E-state index contributed by atoms with van der Waals surface area (Å²) in [5.41, 5.74) is 7.22. The largest absolute Gasteiger partial charge is 0.397 e. The molecule has 94 valence electrons. The van der Waals surface area contributed by atoms with Crippen LogP contribution in [-0.2, 0) is 0 Å². The first kappa shape index (κ1) is 13.3. The lowest BCUT2D eigenvalue weighted by Crippen LogP contribution is -2.24. The zero-order chi connectivity index (χ0) is 12.8. The molecule has 17 heavy (non-hydrogen) atoms. The van der Waals surface area contributed by atoms with E-state index in [1.165, 1.54) is 0 Å². The number of nitrogen functional groups attached to an aromatic ring is 1. The second kappa shape index (κ2) is 6.07. The van der Waals surface area contributed by atoms with E-state index in [4.69, 9.17) is 10.8 Å². The molecule has 0 radical (unpaired) electrons. The third-order valence-corrected chi connectivity index (χ3v) is 2.28. The Kier molecular flexibility index (Phi) is 4.74. The fourth-order valence-electron chi connectivity index (χ4n) is 1.29. The maximum absolute atomic E-state index is 11.4. The van der Waals surface area contributed by atoms with Gasteiger partial charge in [0.15, 0.2) is 0 Å². The van der Waals surface area contributed by atoms with Gasteiger partial charge in [-0.3, -0.25) is 4.79 Å². The summed E-state index contributed by atoms with van der Waals surface area (Å²) in [5.74, 6) is -0.212. The fraction of sp³-hybridized carbons (Fsp3) is 0.364. The summed E-state index contributed by atoms with van der Waals surface area (Å²) in [6.45, 7) is -0.167. The highest BCUT2D eigenvalue weighted by atomic mass is 16.3.